The molecule has 0 heterocycles. The summed E-state index contributed by atoms with van der Waals surface area (Å²) in [6.45, 7) is 0.0303. The predicted molar refractivity (Wildman–Crippen MR) is 57.0 cm³/mol. The molecule has 0 aliphatic rings. The molecule has 1 aromatic rings. The first-order valence-corrected chi connectivity index (χ1v) is 4.91. The van der Waals surface area contributed by atoms with Crippen LogP contribution in [0.15, 0.2) is 24.3 Å². The van der Waals surface area contributed by atoms with Crippen molar-refractivity contribution in [1.82, 2.24) is 0 Å². The van der Waals surface area contributed by atoms with Crippen LogP contribution in [0.25, 0.3) is 0 Å². The van der Waals surface area contributed by atoms with E-state index in [1.807, 2.05) is 24.3 Å². The van der Waals surface area contributed by atoms with Crippen molar-refractivity contribution in [3.05, 3.63) is 35.4 Å². The van der Waals surface area contributed by atoms with E-state index in [0.29, 0.717) is 12.8 Å². The van der Waals surface area contributed by atoms with E-state index in [1.165, 1.54) is 0 Å². The molecule has 0 aromatic heterocycles. The Morgan fingerprint density at radius 1 is 1.53 bits per heavy atom. The quantitative estimate of drug-likeness (QED) is 0.801. The fraction of sp³-hybridized carbons (Fsp3) is 0.417. The number of nitriles is 1. The first-order valence-electron chi connectivity index (χ1n) is 4.91. The molecule has 0 aliphatic carbocycles. The van der Waals surface area contributed by atoms with Crippen LogP contribution < -0.4 is 0 Å². The van der Waals surface area contributed by atoms with E-state index in [9.17, 15) is 0 Å². The lowest BCUT2D eigenvalue weighted by molar-refractivity contribution is 0.0967. The second-order valence-corrected chi connectivity index (χ2v) is 3.32. The lowest BCUT2D eigenvalue weighted by atomic mass is 10.0. The van der Waals surface area contributed by atoms with Gasteiger partial charge in [0.25, 0.3) is 0 Å². The van der Waals surface area contributed by atoms with Crippen LogP contribution in [0.4, 0.5) is 0 Å². The molecule has 1 rings (SSSR count). The molecule has 0 bridgehead atoms. The largest absolute Gasteiger partial charge is 0.392 e. The van der Waals surface area contributed by atoms with Gasteiger partial charge in [0.2, 0.25) is 0 Å². The van der Waals surface area contributed by atoms with E-state index in [0.717, 1.165) is 11.1 Å². The summed E-state index contributed by atoms with van der Waals surface area (Å²) in [6, 6.07) is 9.71. The van der Waals surface area contributed by atoms with Crippen molar-refractivity contribution < 1.29 is 9.84 Å². The third-order valence-corrected chi connectivity index (χ3v) is 2.31. The topological polar surface area (TPSA) is 53.2 Å². The zero-order valence-electron chi connectivity index (χ0n) is 8.81. The summed E-state index contributed by atoms with van der Waals surface area (Å²) >= 11 is 0. The van der Waals surface area contributed by atoms with Gasteiger partial charge in [0.15, 0.2) is 0 Å². The molecule has 0 amide bonds. The van der Waals surface area contributed by atoms with Gasteiger partial charge in [0.05, 0.1) is 18.8 Å². The molecule has 0 saturated carbocycles. The van der Waals surface area contributed by atoms with Gasteiger partial charge in [-0.15, -0.1) is 0 Å². The van der Waals surface area contributed by atoms with E-state index < -0.39 is 0 Å². The van der Waals surface area contributed by atoms with Crippen molar-refractivity contribution in [3.8, 4) is 6.07 Å². The summed E-state index contributed by atoms with van der Waals surface area (Å²) in [6.07, 6.45) is 1.10. The zero-order valence-corrected chi connectivity index (χ0v) is 8.81. The van der Waals surface area contributed by atoms with E-state index in [2.05, 4.69) is 6.07 Å². The van der Waals surface area contributed by atoms with Crippen molar-refractivity contribution in [2.24, 2.45) is 0 Å². The predicted octanol–water partition coefficient (Wildman–Crippen LogP) is 2.17. The lowest BCUT2D eigenvalue weighted by Gasteiger charge is -2.14. The van der Waals surface area contributed by atoms with Crippen LogP contribution in [0, 0.1) is 11.3 Å². The Hall–Kier alpha value is -1.37. The minimum absolute atomic E-state index is 0.0303. The average molecular weight is 205 g/mol. The maximum Gasteiger partial charge on any atom is 0.0831 e. The molecule has 3 heteroatoms. The number of nitrogens with zero attached hydrogens (tertiary/aromatic N) is 1. The minimum atomic E-state index is -0.0591. The summed E-state index contributed by atoms with van der Waals surface area (Å²) < 4.78 is 5.31. The molecule has 1 atom stereocenters. The van der Waals surface area contributed by atoms with Gasteiger partial charge in [-0.2, -0.15) is 5.26 Å². The molecule has 0 saturated heterocycles. The Labute approximate surface area is 89.9 Å². The van der Waals surface area contributed by atoms with Crippen molar-refractivity contribution in [3.63, 3.8) is 0 Å². The Morgan fingerprint density at radius 2 is 2.33 bits per heavy atom. The smallest absolute Gasteiger partial charge is 0.0831 e. The van der Waals surface area contributed by atoms with Gasteiger partial charge in [-0.25, -0.2) is 0 Å². The number of ether oxygens (including phenoxy) is 1. The highest BCUT2D eigenvalue weighted by atomic mass is 16.5. The molecule has 1 unspecified atom stereocenters. The van der Waals surface area contributed by atoms with Crippen molar-refractivity contribution in [2.75, 3.05) is 7.11 Å². The third-order valence-electron chi connectivity index (χ3n) is 2.31. The standard InChI is InChI=1S/C12H15NO2/c1-15-12(6-3-7-13)11-5-2-4-10(8-11)9-14/h2,4-5,8,12,14H,3,6,9H2,1H3. The molecule has 0 aliphatic heterocycles. The Balaban J connectivity index is 2.77. The van der Waals surface area contributed by atoms with Gasteiger partial charge in [-0.1, -0.05) is 24.3 Å². The molecular formula is C12H15NO2. The first-order chi connectivity index (χ1) is 7.31. The number of aliphatic hydroxyl groups excluding tert-OH is 1. The molecule has 3 nitrogen and oxygen atoms in total. The van der Waals surface area contributed by atoms with Crippen molar-refractivity contribution >= 4 is 0 Å². The monoisotopic (exact) mass is 205 g/mol. The van der Waals surface area contributed by atoms with Gasteiger partial charge < -0.3 is 9.84 Å². The maximum atomic E-state index is 9.00. The summed E-state index contributed by atoms with van der Waals surface area (Å²) in [5, 5.41) is 17.5. The van der Waals surface area contributed by atoms with E-state index in [4.69, 9.17) is 15.1 Å². The van der Waals surface area contributed by atoms with E-state index in [1.54, 1.807) is 7.11 Å². The first kappa shape index (κ1) is 11.7. The SMILES string of the molecule is COC(CCC#N)c1cccc(CO)c1. The summed E-state index contributed by atoms with van der Waals surface area (Å²) in [7, 11) is 1.63. The lowest BCUT2D eigenvalue weighted by Crippen LogP contribution is -2.01. The normalized spacial score (nSPS) is 12.1. The molecule has 0 fully saturated rings. The number of methoxy groups -OCH3 is 1. The van der Waals surface area contributed by atoms with Crippen molar-refractivity contribution in [2.45, 2.75) is 25.6 Å². The van der Waals surface area contributed by atoms with Crippen LogP contribution >= 0.6 is 0 Å². The summed E-state index contributed by atoms with van der Waals surface area (Å²) in [5.74, 6) is 0. The zero-order chi connectivity index (χ0) is 11.1. The second-order valence-electron chi connectivity index (χ2n) is 3.32. The summed E-state index contributed by atoms with van der Waals surface area (Å²) in [5.41, 5.74) is 1.88. The van der Waals surface area contributed by atoms with Gasteiger partial charge in [0, 0.05) is 13.5 Å². The fourth-order valence-electron chi connectivity index (χ4n) is 1.51. The Bertz CT molecular complexity index is 344. The van der Waals surface area contributed by atoms with Crippen LogP contribution in [0.3, 0.4) is 0 Å². The number of rotatable bonds is 5. The van der Waals surface area contributed by atoms with Crippen LogP contribution in [0.5, 0.6) is 0 Å². The molecule has 80 valence electrons. The minimum Gasteiger partial charge on any atom is -0.392 e. The highest BCUT2D eigenvalue weighted by Crippen LogP contribution is 2.22. The molecule has 15 heavy (non-hydrogen) atoms. The Kier molecular flexibility index (Phi) is 4.82. The second kappa shape index (κ2) is 6.18. The number of benzene rings is 1. The number of aliphatic hydroxyl groups is 1. The average Bonchev–Trinajstić information content (AvgIpc) is 2.30. The maximum absolute atomic E-state index is 9.00. The molecule has 0 radical (unpaired) electrons. The van der Waals surface area contributed by atoms with Gasteiger partial charge in [-0.3, -0.25) is 0 Å². The third kappa shape index (κ3) is 3.35. The van der Waals surface area contributed by atoms with Crippen LogP contribution in [-0.4, -0.2) is 12.2 Å². The molecule has 1 aromatic carbocycles. The van der Waals surface area contributed by atoms with Crippen LogP contribution in [0.2, 0.25) is 0 Å². The van der Waals surface area contributed by atoms with Gasteiger partial charge in [0.1, 0.15) is 0 Å². The Morgan fingerprint density at radius 3 is 2.93 bits per heavy atom. The van der Waals surface area contributed by atoms with E-state index in [-0.39, 0.29) is 12.7 Å². The van der Waals surface area contributed by atoms with Crippen LogP contribution in [0.1, 0.15) is 30.1 Å². The van der Waals surface area contributed by atoms with Crippen molar-refractivity contribution in [1.29, 1.82) is 5.26 Å². The highest BCUT2D eigenvalue weighted by Gasteiger charge is 2.09. The fourth-order valence-corrected chi connectivity index (χ4v) is 1.51. The van der Waals surface area contributed by atoms with E-state index >= 15 is 0 Å². The highest BCUT2D eigenvalue weighted by molar-refractivity contribution is 5.24. The number of hydrogen-bond donors (Lipinski definition) is 1. The molecule has 1 N–H and O–H groups in total. The summed E-state index contributed by atoms with van der Waals surface area (Å²) in [4.78, 5) is 0. The molecular weight excluding hydrogens is 190 g/mol. The van der Waals surface area contributed by atoms with Crippen LogP contribution in [-0.2, 0) is 11.3 Å². The number of hydrogen-bond acceptors (Lipinski definition) is 3. The molecule has 0 spiro atoms. The van der Waals surface area contributed by atoms with Gasteiger partial charge >= 0.3 is 0 Å². The van der Waals surface area contributed by atoms with Gasteiger partial charge in [-0.05, 0) is 17.5 Å².